The van der Waals surface area contributed by atoms with Gasteiger partial charge < -0.3 is 10.5 Å². The number of aromatic nitrogens is 2. The molecule has 13 heavy (non-hydrogen) atoms. The van der Waals surface area contributed by atoms with Gasteiger partial charge in [0.1, 0.15) is 5.69 Å². The maximum atomic E-state index is 11.0. The van der Waals surface area contributed by atoms with E-state index in [2.05, 4.69) is 9.84 Å². The van der Waals surface area contributed by atoms with Gasteiger partial charge in [0.25, 0.3) is 5.91 Å². The zero-order valence-electron chi connectivity index (χ0n) is 7.27. The van der Waals surface area contributed by atoms with Crippen LogP contribution in [-0.2, 0) is 11.8 Å². The Morgan fingerprint density at radius 1 is 1.62 bits per heavy atom. The second-order valence-electron chi connectivity index (χ2n) is 2.39. The lowest BCUT2D eigenvalue weighted by molar-refractivity contribution is 0.0593. The highest BCUT2D eigenvalue weighted by molar-refractivity contribution is 5.95. The average molecular weight is 183 g/mol. The van der Waals surface area contributed by atoms with E-state index in [9.17, 15) is 9.59 Å². The van der Waals surface area contributed by atoms with Crippen molar-refractivity contribution in [1.82, 2.24) is 9.78 Å². The predicted molar refractivity (Wildman–Crippen MR) is 43.1 cm³/mol. The number of primary amides is 1. The maximum Gasteiger partial charge on any atom is 0.358 e. The molecule has 0 atom stereocenters. The van der Waals surface area contributed by atoms with Crippen molar-refractivity contribution in [2.45, 2.75) is 0 Å². The molecular formula is C7H9N3O3. The highest BCUT2D eigenvalue weighted by Gasteiger charge is 2.15. The third-order valence-corrected chi connectivity index (χ3v) is 1.53. The molecule has 70 valence electrons. The van der Waals surface area contributed by atoms with Gasteiger partial charge in [0.2, 0.25) is 0 Å². The van der Waals surface area contributed by atoms with E-state index >= 15 is 0 Å². The van der Waals surface area contributed by atoms with Crippen molar-refractivity contribution in [3.8, 4) is 0 Å². The number of aryl methyl sites for hydroxylation is 1. The molecule has 6 heteroatoms. The number of carbonyl (C=O) groups excluding carboxylic acids is 2. The molecule has 0 bridgehead atoms. The molecule has 1 rings (SSSR count). The first-order valence-corrected chi connectivity index (χ1v) is 3.48. The summed E-state index contributed by atoms with van der Waals surface area (Å²) in [6, 6.07) is 1.29. The van der Waals surface area contributed by atoms with E-state index in [-0.39, 0.29) is 11.4 Å². The Labute approximate surface area is 74.3 Å². The Morgan fingerprint density at radius 2 is 2.23 bits per heavy atom. The van der Waals surface area contributed by atoms with Gasteiger partial charge in [-0.1, -0.05) is 0 Å². The van der Waals surface area contributed by atoms with Crippen LogP contribution in [-0.4, -0.2) is 28.8 Å². The molecule has 0 saturated heterocycles. The van der Waals surface area contributed by atoms with Crippen LogP contribution < -0.4 is 5.73 Å². The molecule has 0 aliphatic rings. The summed E-state index contributed by atoms with van der Waals surface area (Å²) < 4.78 is 5.65. The largest absolute Gasteiger partial charge is 0.464 e. The molecule has 1 heterocycles. The Bertz CT molecular complexity index is 356. The van der Waals surface area contributed by atoms with Crippen LogP contribution in [0.5, 0.6) is 0 Å². The summed E-state index contributed by atoms with van der Waals surface area (Å²) in [6.07, 6.45) is 0. The predicted octanol–water partition coefficient (Wildman–Crippen LogP) is -0.694. The molecule has 0 unspecified atom stereocenters. The van der Waals surface area contributed by atoms with E-state index in [1.807, 2.05) is 0 Å². The van der Waals surface area contributed by atoms with Gasteiger partial charge in [-0.2, -0.15) is 5.10 Å². The lowest BCUT2D eigenvalue weighted by Gasteiger charge is -1.92. The Kier molecular flexibility index (Phi) is 2.32. The third kappa shape index (κ3) is 1.66. The van der Waals surface area contributed by atoms with Gasteiger partial charge in [-0.3, -0.25) is 9.48 Å². The molecule has 0 radical (unpaired) electrons. The molecule has 1 aromatic rings. The Hall–Kier alpha value is -1.85. The van der Waals surface area contributed by atoms with Gasteiger partial charge in [0.15, 0.2) is 5.69 Å². The van der Waals surface area contributed by atoms with Crippen LogP contribution in [0.25, 0.3) is 0 Å². The molecule has 0 saturated carbocycles. The zero-order valence-corrected chi connectivity index (χ0v) is 7.27. The summed E-state index contributed by atoms with van der Waals surface area (Å²) in [6.45, 7) is 0. The van der Waals surface area contributed by atoms with Gasteiger partial charge in [-0.25, -0.2) is 4.79 Å². The number of nitrogens with two attached hydrogens (primary N) is 1. The van der Waals surface area contributed by atoms with Crippen LogP contribution in [0.1, 0.15) is 21.0 Å². The molecule has 6 nitrogen and oxygen atoms in total. The standard InChI is InChI=1S/C7H9N3O3/c1-10-5(6(8)11)3-4(9-10)7(12)13-2/h3H,1-2H3,(H2,8,11). The van der Waals surface area contributed by atoms with Crippen molar-refractivity contribution >= 4 is 11.9 Å². The fraction of sp³-hybridized carbons (Fsp3) is 0.286. The van der Waals surface area contributed by atoms with Gasteiger partial charge in [0.05, 0.1) is 7.11 Å². The normalized spacial score (nSPS) is 9.69. The number of nitrogens with zero attached hydrogens (tertiary/aromatic N) is 2. The molecular weight excluding hydrogens is 174 g/mol. The second-order valence-corrected chi connectivity index (χ2v) is 2.39. The average Bonchev–Trinajstić information content (AvgIpc) is 2.46. The van der Waals surface area contributed by atoms with Crippen LogP contribution >= 0.6 is 0 Å². The number of hydrogen-bond acceptors (Lipinski definition) is 4. The first-order valence-electron chi connectivity index (χ1n) is 3.48. The summed E-state index contributed by atoms with van der Waals surface area (Å²) in [7, 11) is 2.76. The fourth-order valence-electron chi connectivity index (χ4n) is 0.902. The van der Waals surface area contributed by atoms with E-state index < -0.39 is 11.9 Å². The third-order valence-electron chi connectivity index (χ3n) is 1.53. The monoisotopic (exact) mass is 183 g/mol. The fourth-order valence-corrected chi connectivity index (χ4v) is 0.902. The maximum absolute atomic E-state index is 11.0. The van der Waals surface area contributed by atoms with Crippen LogP contribution in [0.3, 0.4) is 0 Å². The topological polar surface area (TPSA) is 87.2 Å². The number of hydrogen-bond donors (Lipinski definition) is 1. The molecule has 1 amide bonds. The minimum atomic E-state index is -0.634. The summed E-state index contributed by atoms with van der Waals surface area (Å²) in [5.41, 5.74) is 5.25. The summed E-state index contributed by atoms with van der Waals surface area (Å²) in [5.74, 6) is -1.23. The second kappa shape index (κ2) is 3.26. The molecule has 0 aliphatic heterocycles. The van der Waals surface area contributed by atoms with Crippen molar-refractivity contribution in [2.24, 2.45) is 12.8 Å². The van der Waals surface area contributed by atoms with E-state index in [1.54, 1.807) is 0 Å². The first-order chi connectivity index (χ1) is 6.06. The lowest BCUT2D eigenvalue weighted by Crippen LogP contribution is -2.15. The van der Waals surface area contributed by atoms with Crippen LogP contribution in [0, 0.1) is 0 Å². The molecule has 0 aromatic carbocycles. The number of carbonyl (C=O) groups is 2. The van der Waals surface area contributed by atoms with Gasteiger partial charge >= 0.3 is 5.97 Å². The first kappa shape index (κ1) is 9.24. The number of amides is 1. The smallest absolute Gasteiger partial charge is 0.358 e. The van der Waals surface area contributed by atoms with E-state index in [0.717, 1.165) is 0 Å². The van der Waals surface area contributed by atoms with Gasteiger partial charge in [0, 0.05) is 13.1 Å². The van der Waals surface area contributed by atoms with E-state index in [1.165, 1.54) is 24.9 Å². The van der Waals surface area contributed by atoms with E-state index in [4.69, 9.17) is 5.73 Å². The van der Waals surface area contributed by atoms with Crippen molar-refractivity contribution in [3.05, 3.63) is 17.5 Å². The lowest BCUT2D eigenvalue weighted by atomic mass is 10.3. The van der Waals surface area contributed by atoms with Gasteiger partial charge in [-0.05, 0) is 0 Å². The molecule has 2 N–H and O–H groups in total. The number of esters is 1. The van der Waals surface area contributed by atoms with E-state index in [0.29, 0.717) is 0 Å². The summed E-state index contributed by atoms with van der Waals surface area (Å²) in [4.78, 5) is 21.7. The van der Waals surface area contributed by atoms with Crippen LogP contribution in [0.4, 0.5) is 0 Å². The molecule has 0 fully saturated rings. The minimum Gasteiger partial charge on any atom is -0.464 e. The van der Waals surface area contributed by atoms with Crippen LogP contribution in [0.2, 0.25) is 0 Å². The highest BCUT2D eigenvalue weighted by Crippen LogP contribution is 2.03. The minimum absolute atomic E-state index is 0.0683. The number of ether oxygens (including phenoxy) is 1. The Balaban J connectivity index is 3.09. The number of methoxy groups -OCH3 is 1. The summed E-state index contributed by atoms with van der Waals surface area (Å²) in [5, 5.41) is 3.74. The molecule has 0 aliphatic carbocycles. The van der Waals surface area contributed by atoms with Crippen molar-refractivity contribution in [1.29, 1.82) is 0 Å². The van der Waals surface area contributed by atoms with Crippen LogP contribution in [0.15, 0.2) is 6.07 Å². The SMILES string of the molecule is COC(=O)c1cc(C(N)=O)n(C)n1. The van der Waals surface area contributed by atoms with Crippen molar-refractivity contribution < 1.29 is 14.3 Å². The molecule has 1 aromatic heterocycles. The van der Waals surface area contributed by atoms with Gasteiger partial charge in [-0.15, -0.1) is 0 Å². The van der Waals surface area contributed by atoms with Crippen molar-refractivity contribution in [2.75, 3.05) is 7.11 Å². The number of rotatable bonds is 2. The molecule has 0 spiro atoms. The quantitative estimate of drug-likeness (QED) is 0.614. The Morgan fingerprint density at radius 3 is 2.62 bits per heavy atom. The van der Waals surface area contributed by atoms with Crippen molar-refractivity contribution in [3.63, 3.8) is 0 Å². The zero-order chi connectivity index (χ0) is 10.0. The summed E-state index contributed by atoms with van der Waals surface area (Å²) >= 11 is 0. The highest BCUT2D eigenvalue weighted by atomic mass is 16.5.